The Morgan fingerprint density at radius 1 is 1.21 bits per heavy atom. The Morgan fingerprint density at radius 2 is 1.96 bits per heavy atom. The minimum atomic E-state index is 0.623. The van der Waals surface area contributed by atoms with Gasteiger partial charge in [0, 0.05) is 49.9 Å². The Labute approximate surface area is 152 Å². The van der Waals surface area contributed by atoms with E-state index in [9.17, 15) is 0 Å². The highest BCUT2D eigenvalue weighted by molar-refractivity contribution is 7.71. The topological polar surface area (TPSA) is 29.2 Å². The molecule has 2 heterocycles. The van der Waals surface area contributed by atoms with E-state index >= 15 is 0 Å². The zero-order valence-electron chi connectivity index (χ0n) is 13.9. The van der Waals surface area contributed by atoms with E-state index in [0.29, 0.717) is 5.92 Å². The van der Waals surface area contributed by atoms with Crippen molar-refractivity contribution < 1.29 is 0 Å². The minimum Gasteiger partial charge on any atom is -0.369 e. The molecule has 1 saturated heterocycles. The highest BCUT2D eigenvalue weighted by Gasteiger charge is 2.29. The number of piperazine rings is 1. The van der Waals surface area contributed by atoms with E-state index in [4.69, 9.17) is 28.9 Å². The number of rotatable bonds is 4. The second kappa shape index (κ2) is 6.50. The van der Waals surface area contributed by atoms with Gasteiger partial charge in [0.25, 0.3) is 0 Å². The summed E-state index contributed by atoms with van der Waals surface area (Å²) in [4.78, 5) is 4.80. The smallest absolute Gasteiger partial charge is 0.198 e. The maximum absolute atomic E-state index is 6.10. The van der Waals surface area contributed by atoms with Crippen molar-refractivity contribution in [2.24, 2.45) is 7.05 Å². The van der Waals surface area contributed by atoms with E-state index in [1.165, 1.54) is 18.5 Å². The van der Waals surface area contributed by atoms with Gasteiger partial charge in [-0.25, -0.2) is 4.68 Å². The van der Waals surface area contributed by atoms with Crippen molar-refractivity contribution >= 4 is 29.5 Å². The summed E-state index contributed by atoms with van der Waals surface area (Å²) in [7, 11) is 2.04. The molecule has 24 heavy (non-hydrogen) atoms. The van der Waals surface area contributed by atoms with Gasteiger partial charge in [-0.15, -0.1) is 0 Å². The summed E-state index contributed by atoms with van der Waals surface area (Å²) in [6.07, 6.45) is 2.50. The Bertz CT molecular complexity index is 787. The van der Waals surface area contributed by atoms with Crippen LogP contribution in [-0.2, 0) is 13.7 Å². The highest BCUT2D eigenvalue weighted by atomic mass is 35.5. The summed E-state index contributed by atoms with van der Waals surface area (Å²) in [6.45, 7) is 4.78. The van der Waals surface area contributed by atoms with Crippen molar-refractivity contribution in [1.29, 1.82) is 0 Å². The molecule has 0 spiro atoms. The van der Waals surface area contributed by atoms with Gasteiger partial charge in [-0.2, -0.15) is 5.10 Å². The molecule has 0 unspecified atom stereocenters. The lowest BCUT2D eigenvalue weighted by atomic mass is 10.2. The first-order valence-corrected chi connectivity index (χ1v) is 9.27. The summed E-state index contributed by atoms with van der Waals surface area (Å²) < 4.78 is 4.89. The highest BCUT2D eigenvalue weighted by Crippen LogP contribution is 2.38. The molecule has 0 atom stereocenters. The van der Waals surface area contributed by atoms with Crippen LogP contribution in [-0.4, -0.2) is 45.4 Å². The molecule has 2 fully saturated rings. The first-order valence-electron chi connectivity index (χ1n) is 8.48. The molecule has 0 radical (unpaired) electrons. The average Bonchev–Trinajstić information content (AvgIpc) is 3.39. The first kappa shape index (κ1) is 16.1. The van der Waals surface area contributed by atoms with Crippen LogP contribution in [0.1, 0.15) is 24.6 Å². The third-order valence-electron chi connectivity index (χ3n) is 4.90. The Morgan fingerprint density at radius 3 is 2.62 bits per heavy atom. The van der Waals surface area contributed by atoms with Gasteiger partial charge in [0.1, 0.15) is 5.82 Å². The van der Waals surface area contributed by atoms with Gasteiger partial charge in [-0.1, -0.05) is 17.7 Å². The fourth-order valence-corrected chi connectivity index (χ4v) is 3.68. The molecular weight excluding hydrogens is 342 g/mol. The molecule has 1 aromatic carbocycles. The summed E-state index contributed by atoms with van der Waals surface area (Å²) in [5.41, 5.74) is 1.20. The molecule has 1 aliphatic heterocycles. The second-order valence-corrected chi connectivity index (χ2v) is 7.50. The lowest BCUT2D eigenvalue weighted by Gasteiger charge is -2.35. The molecule has 1 aliphatic carbocycles. The summed E-state index contributed by atoms with van der Waals surface area (Å²) >= 11 is 11.7. The van der Waals surface area contributed by atoms with Crippen molar-refractivity contribution in [1.82, 2.24) is 19.2 Å². The summed E-state index contributed by atoms with van der Waals surface area (Å²) in [5.74, 6) is 1.77. The summed E-state index contributed by atoms with van der Waals surface area (Å²) in [6, 6.07) is 8.09. The average molecular weight is 364 g/mol. The van der Waals surface area contributed by atoms with Crippen LogP contribution in [0.15, 0.2) is 24.3 Å². The Hall–Kier alpha value is -1.37. The molecule has 1 aromatic heterocycles. The van der Waals surface area contributed by atoms with Crippen LogP contribution < -0.4 is 4.90 Å². The van der Waals surface area contributed by atoms with Gasteiger partial charge >= 0.3 is 0 Å². The third-order valence-corrected chi connectivity index (χ3v) is 5.62. The number of nitrogens with zero attached hydrogens (tertiary/aromatic N) is 5. The molecule has 2 aromatic rings. The fourth-order valence-electron chi connectivity index (χ4n) is 3.30. The van der Waals surface area contributed by atoms with Crippen molar-refractivity contribution in [2.75, 3.05) is 31.1 Å². The zero-order chi connectivity index (χ0) is 16.7. The molecule has 0 N–H and O–H groups in total. The molecule has 7 heteroatoms. The fraction of sp³-hybridized carbons (Fsp3) is 0.529. The number of hydrogen-bond donors (Lipinski definition) is 0. The number of anilines is 1. The molecule has 0 bridgehead atoms. The van der Waals surface area contributed by atoms with Crippen LogP contribution in [0.3, 0.4) is 0 Å². The molecule has 0 amide bonds. The van der Waals surface area contributed by atoms with Gasteiger partial charge in [-0.3, -0.25) is 4.90 Å². The van der Waals surface area contributed by atoms with E-state index < -0.39 is 0 Å². The van der Waals surface area contributed by atoms with Crippen LogP contribution in [0.5, 0.6) is 0 Å². The maximum atomic E-state index is 6.10. The number of aromatic nitrogens is 3. The SMILES string of the molecule is Cn1c(C2CC2)nn(CN2CCN(c3cccc(Cl)c3)CC2)c1=S. The van der Waals surface area contributed by atoms with Gasteiger partial charge < -0.3 is 9.47 Å². The molecule has 4 rings (SSSR count). The standard InChI is InChI=1S/C17H22ClN5S/c1-20-16(13-5-6-13)19-23(17(20)24)12-21-7-9-22(10-8-21)15-4-2-3-14(18)11-15/h2-4,11,13H,5-10,12H2,1H3. The molecule has 1 saturated carbocycles. The van der Waals surface area contributed by atoms with Crippen LogP contribution >= 0.6 is 23.8 Å². The monoisotopic (exact) mass is 363 g/mol. The number of benzene rings is 1. The normalized spacial score (nSPS) is 19.0. The lowest BCUT2D eigenvalue weighted by Crippen LogP contribution is -2.47. The first-order chi connectivity index (χ1) is 11.6. The predicted molar refractivity (Wildman–Crippen MR) is 99.2 cm³/mol. The Balaban J connectivity index is 1.40. The number of hydrogen-bond acceptors (Lipinski definition) is 4. The van der Waals surface area contributed by atoms with Crippen LogP contribution in [0.25, 0.3) is 0 Å². The van der Waals surface area contributed by atoms with E-state index in [0.717, 1.165) is 48.5 Å². The van der Waals surface area contributed by atoms with Crippen molar-refractivity contribution in [3.63, 3.8) is 0 Å². The van der Waals surface area contributed by atoms with E-state index in [1.54, 1.807) is 0 Å². The van der Waals surface area contributed by atoms with Crippen molar-refractivity contribution in [3.8, 4) is 0 Å². The maximum Gasteiger partial charge on any atom is 0.198 e. The lowest BCUT2D eigenvalue weighted by molar-refractivity contribution is 0.194. The van der Waals surface area contributed by atoms with E-state index in [1.807, 2.05) is 29.9 Å². The van der Waals surface area contributed by atoms with Gasteiger partial charge in [0.15, 0.2) is 4.77 Å². The molecule has 5 nitrogen and oxygen atoms in total. The second-order valence-electron chi connectivity index (χ2n) is 6.70. The van der Waals surface area contributed by atoms with E-state index in [2.05, 4.69) is 20.4 Å². The van der Waals surface area contributed by atoms with Crippen LogP contribution in [0.4, 0.5) is 5.69 Å². The molecule has 128 valence electrons. The third kappa shape index (κ3) is 3.23. The van der Waals surface area contributed by atoms with Crippen molar-refractivity contribution in [3.05, 3.63) is 39.9 Å². The number of halogens is 1. The summed E-state index contributed by atoms with van der Waals surface area (Å²) in [5, 5.41) is 5.55. The van der Waals surface area contributed by atoms with Crippen LogP contribution in [0, 0.1) is 4.77 Å². The minimum absolute atomic E-state index is 0.623. The Kier molecular flexibility index (Phi) is 4.37. The van der Waals surface area contributed by atoms with Gasteiger partial charge in [-0.05, 0) is 43.3 Å². The zero-order valence-corrected chi connectivity index (χ0v) is 15.4. The largest absolute Gasteiger partial charge is 0.369 e. The van der Waals surface area contributed by atoms with Crippen molar-refractivity contribution in [2.45, 2.75) is 25.4 Å². The van der Waals surface area contributed by atoms with Gasteiger partial charge in [0.2, 0.25) is 0 Å². The molecule has 2 aliphatic rings. The van der Waals surface area contributed by atoms with Crippen LogP contribution in [0.2, 0.25) is 5.02 Å². The van der Waals surface area contributed by atoms with E-state index in [-0.39, 0.29) is 0 Å². The van der Waals surface area contributed by atoms with Gasteiger partial charge in [0.05, 0.1) is 6.67 Å². The molecular formula is C17H22ClN5S. The quantitative estimate of drug-likeness (QED) is 0.780. The predicted octanol–water partition coefficient (Wildman–Crippen LogP) is 3.26.